The molecule has 0 aliphatic heterocycles. The number of hydrogen-bond acceptors (Lipinski definition) is 3. The van der Waals surface area contributed by atoms with Crippen molar-refractivity contribution in [2.45, 2.75) is 0 Å². The van der Waals surface area contributed by atoms with Crippen molar-refractivity contribution in [3.8, 4) is 62.0 Å². The Balaban J connectivity index is 1.07. The molecule has 7 aromatic carbocycles. The highest BCUT2D eigenvalue weighted by Gasteiger charge is 2.18. The highest BCUT2D eigenvalue weighted by molar-refractivity contribution is 6.20. The molecule has 52 heavy (non-hydrogen) atoms. The lowest BCUT2D eigenvalue weighted by atomic mass is 10.0. The zero-order valence-electron chi connectivity index (χ0n) is 28.1. The van der Waals surface area contributed by atoms with Crippen molar-refractivity contribution >= 4 is 32.8 Å². The van der Waals surface area contributed by atoms with Crippen molar-refractivity contribution in [3.63, 3.8) is 0 Å². The predicted molar refractivity (Wildman–Crippen MR) is 213 cm³/mol. The van der Waals surface area contributed by atoms with E-state index in [1.165, 1.54) is 11.1 Å². The normalized spacial score (nSPS) is 11.5. The molecule has 0 radical (unpaired) electrons. The summed E-state index contributed by atoms with van der Waals surface area (Å²) in [6.07, 6.45) is 0. The number of aromatic nitrogens is 3. The second kappa shape index (κ2) is 12.4. The van der Waals surface area contributed by atoms with Crippen LogP contribution in [0, 0.1) is 0 Å². The molecular weight excluding hydrogens is 635 g/mol. The SMILES string of the molecule is c1ccc(-c2ccc(-c3cc(-c4ccc(-n5c6ccccc6c6c7oc(-c8ccccc8)cc7ccc65)cc4)nc(-c4ccccc4)n3)cc2)cc1. The second-order valence-corrected chi connectivity index (χ2v) is 13.0. The molecule has 10 aromatic rings. The Labute approximate surface area is 300 Å². The van der Waals surface area contributed by atoms with E-state index in [1.54, 1.807) is 0 Å². The molecule has 0 fully saturated rings. The first kappa shape index (κ1) is 29.8. The third kappa shape index (κ3) is 5.17. The number of nitrogens with zero attached hydrogens (tertiary/aromatic N) is 3. The zero-order valence-corrected chi connectivity index (χ0v) is 28.1. The Bertz CT molecular complexity index is 2850. The van der Waals surface area contributed by atoms with Crippen molar-refractivity contribution in [2.75, 3.05) is 0 Å². The predicted octanol–water partition coefficient (Wildman–Crippen LogP) is 12.7. The fraction of sp³-hybridized carbons (Fsp3) is 0. The smallest absolute Gasteiger partial charge is 0.160 e. The summed E-state index contributed by atoms with van der Waals surface area (Å²) in [5.41, 5.74) is 12.4. The van der Waals surface area contributed by atoms with E-state index in [4.69, 9.17) is 14.4 Å². The quantitative estimate of drug-likeness (QED) is 0.178. The molecule has 244 valence electrons. The van der Waals surface area contributed by atoms with Crippen LogP contribution in [0.5, 0.6) is 0 Å². The van der Waals surface area contributed by atoms with Gasteiger partial charge in [-0.05, 0) is 53.6 Å². The topological polar surface area (TPSA) is 43.9 Å². The standard InChI is InChI=1S/C48H31N3O/c1-4-12-32(13-5-1)33-20-22-34(23-21-33)41-31-42(50-48(49-41)37-16-8-3-9-17-37)35-24-27-39(28-25-35)51-43-19-11-10-18-40(43)46-44(51)29-26-38-30-45(52-47(38)46)36-14-6-2-7-15-36/h1-31H. The maximum Gasteiger partial charge on any atom is 0.160 e. The monoisotopic (exact) mass is 665 g/mol. The van der Waals surface area contributed by atoms with E-state index in [2.05, 4.69) is 150 Å². The average Bonchev–Trinajstić information content (AvgIpc) is 3.82. The van der Waals surface area contributed by atoms with Gasteiger partial charge in [0.05, 0.1) is 27.8 Å². The fourth-order valence-corrected chi connectivity index (χ4v) is 7.28. The molecule has 0 amide bonds. The summed E-state index contributed by atoms with van der Waals surface area (Å²) >= 11 is 0. The molecule has 3 aromatic heterocycles. The molecule has 0 aliphatic carbocycles. The molecule has 0 aliphatic rings. The third-order valence-corrected chi connectivity index (χ3v) is 9.85. The van der Waals surface area contributed by atoms with Crippen LogP contribution in [0.3, 0.4) is 0 Å². The van der Waals surface area contributed by atoms with E-state index < -0.39 is 0 Å². The van der Waals surface area contributed by atoms with Gasteiger partial charge in [0.1, 0.15) is 11.3 Å². The van der Waals surface area contributed by atoms with Crippen LogP contribution in [0.15, 0.2) is 192 Å². The van der Waals surface area contributed by atoms with E-state index in [-0.39, 0.29) is 0 Å². The van der Waals surface area contributed by atoms with Gasteiger partial charge in [-0.2, -0.15) is 0 Å². The molecular formula is C48H31N3O. The number of para-hydroxylation sites is 1. The van der Waals surface area contributed by atoms with Crippen molar-refractivity contribution in [1.82, 2.24) is 14.5 Å². The number of benzene rings is 7. The summed E-state index contributed by atoms with van der Waals surface area (Å²) in [4.78, 5) is 10.1. The molecule has 4 nitrogen and oxygen atoms in total. The van der Waals surface area contributed by atoms with Gasteiger partial charge in [-0.1, -0.05) is 146 Å². The van der Waals surface area contributed by atoms with Gasteiger partial charge in [-0.25, -0.2) is 9.97 Å². The Morgan fingerprint density at radius 2 is 0.942 bits per heavy atom. The minimum absolute atomic E-state index is 0.698. The minimum atomic E-state index is 0.698. The Kier molecular flexibility index (Phi) is 7.10. The van der Waals surface area contributed by atoms with Crippen molar-refractivity contribution in [3.05, 3.63) is 188 Å². The van der Waals surface area contributed by atoms with E-state index in [0.717, 1.165) is 77.9 Å². The van der Waals surface area contributed by atoms with E-state index >= 15 is 0 Å². The summed E-state index contributed by atoms with van der Waals surface area (Å²) in [6, 6.07) is 65.4. The number of hydrogen-bond donors (Lipinski definition) is 0. The van der Waals surface area contributed by atoms with Crippen LogP contribution in [0.25, 0.3) is 94.8 Å². The van der Waals surface area contributed by atoms with Crippen LogP contribution in [-0.4, -0.2) is 14.5 Å². The van der Waals surface area contributed by atoms with Gasteiger partial charge in [-0.15, -0.1) is 0 Å². The lowest BCUT2D eigenvalue weighted by Gasteiger charge is -2.12. The lowest BCUT2D eigenvalue weighted by Crippen LogP contribution is -1.97. The number of rotatable bonds is 6. The minimum Gasteiger partial charge on any atom is -0.455 e. The molecule has 0 atom stereocenters. The largest absolute Gasteiger partial charge is 0.455 e. The summed E-state index contributed by atoms with van der Waals surface area (Å²) in [5.74, 6) is 1.57. The van der Waals surface area contributed by atoms with Crippen LogP contribution in [0.2, 0.25) is 0 Å². The van der Waals surface area contributed by atoms with Gasteiger partial charge in [-0.3, -0.25) is 0 Å². The van der Waals surface area contributed by atoms with Crippen LogP contribution in [0.1, 0.15) is 0 Å². The van der Waals surface area contributed by atoms with E-state index in [0.29, 0.717) is 5.82 Å². The van der Waals surface area contributed by atoms with Gasteiger partial charge in [0, 0.05) is 38.7 Å². The third-order valence-electron chi connectivity index (χ3n) is 9.85. The summed E-state index contributed by atoms with van der Waals surface area (Å²) in [7, 11) is 0. The molecule has 10 rings (SSSR count). The number of furan rings is 1. The van der Waals surface area contributed by atoms with Gasteiger partial charge >= 0.3 is 0 Å². The van der Waals surface area contributed by atoms with E-state index in [9.17, 15) is 0 Å². The first-order valence-electron chi connectivity index (χ1n) is 17.5. The van der Waals surface area contributed by atoms with E-state index in [1.807, 2.05) is 42.5 Å². The van der Waals surface area contributed by atoms with Crippen molar-refractivity contribution in [2.24, 2.45) is 0 Å². The second-order valence-electron chi connectivity index (χ2n) is 13.0. The van der Waals surface area contributed by atoms with Gasteiger partial charge in [0.2, 0.25) is 0 Å². The van der Waals surface area contributed by atoms with Gasteiger partial charge < -0.3 is 8.98 Å². The van der Waals surface area contributed by atoms with Gasteiger partial charge in [0.25, 0.3) is 0 Å². The molecule has 0 saturated carbocycles. The summed E-state index contributed by atoms with van der Waals surface area (Å²) in [5, 5.41) is 3.37. The highest BCUT2D eigenvalue weighted by atomic mass is 16.3. The Morgan fingerprint density at radius 3 is 1.62 bits per heavy atom. The van der Waals surface area contributed by atoms with Crippen molar-refractivity contribution in [1.29, 1.82) is 0 Å². The average molecular weight is 666 g/mol. The summed E-state index contributed by atoms with van der Waals surface area (Å²) < 4.78 is 8.93. The van der Waals surface area contributed by atoms with Crippen LogP contribution < -0.4 is 0 Å². The Morgan fingerprint density at radius 1 is 0.404 bits per heavy atom. The summed E-state index contributed by atoms with van der Waals surface area (Å²) in [6.45, 7) is 0. The molecule has 0 bridgehead atoms. The Hall–Kier alpha value is -7.04. The number of fused-ring (bicyclic) bond motifs is 5. The first-order chi connectivity index (χ1) is 25.8. The molecule has 0 saturated heterocycles. The molecule has 0 N–H and O–H groups in total. The fourth-order valence-electron chi connectivity index (χ4n) is 7.28. The van der Waals surface area contributed by atoms with Crippen LogP contribution in [-0.2, 0) is 0 Å². The lowest BCUT2D eigenvalue weighted by molar-refractivity contribution is 0.635. The first-order valence-corrected chi connectivity index (χ1v) is 17.5. The molecule has 0 unspecified atom stereocenters. The maximum absolute atomic E-state index is 6.60. The maximum atomic E-state index is 6.60. The highest BCUT2D eigenvalue weighted by Crippen LogP contribution is 2.40. The molecule has 0 spiro atoms. The van der Waals surface area contributed by atoms with Crippen molar-refractivity contribution < 1.29 is 4.42 Å². The van der Waals surface area contributed by atoms with Crippen LogP contribution >= 0.6 is 0 Å². The van der Waals surface area contributed by atoms with Gasteiger partial charge in [0.15, 0.2) is 5.82 Å². The zero-order chi connectivity index (χ0) is 34.4. The van der Waals surface area contributed by atoms with Crippen LogP contribution in [0.4, 0.5) is 0 Å². The molecule has 4 heteroatoms. The molecule has 3 heterocycles.